The Labute approximate surface area is 114 Å². The second kappa shape index (κ2) is 6.84. The van der Waals surface area contributed by atoms with E-state index in [1.165, 1.54) is 30.6 Å². The molecule has 0 aromatic carbocycles. The summed E-state index contributed by atoms with van der Waals surface area (Å²) in [4.78, 5) is 19.3. The van der Waals surface area contributed by atoms with E-state index in [2.05, 4.69) is 20.0 Å². The van der Waals surface area contributed by atoms with Crippen LogP contribution in [-0.2, 0) is 4.74 Å². The summed E-state index contributed by atoms with van der Waals surface area (Å²) in [5.41, 5.74) is 0.227. The number of rotatable bonds is 4. The standard InChI is InChI=1S/C11H15N3O2S2/c1-16-11(15)9-5-14-10(6-12-9)13-4-8-7-17-2-3-18-8/h5-6,8H,2-4,7H2,1H3,(H,13,14). The molecule has 5 nitrogen and oxygen atoms in total. The molecular formula is C11H15N3O2S2. The maximum Gasteiger partial charge on any atom is 0.358 e. The molecule has 2 rings (SSSR count). The van der Waals surface area contributed by atoms with E-state index in [1.807, 2.05) is 23.5 Å². The molecule has 0 bridgehead atoms. The average molecular weight is 285 g/mol. The minimum atomic E-state index is -0.465. The van der Waals surface area contributed by atoms with E-state index in [1.54, 1.807) is 6.20 Å². The Bertz CT molecular complexity index is 394. The van der Waals surface area contributed by atoms with Crippen molar-refractivity contribution in [2.75, 3.05) is 36.2 Å². The van der Waals surface area contributed by atoms with Gasteiger partial charge in [0.1, 0.15) is 5.82 Å². The van der Waals surface area contributed by atoms with E-state index in [9.17, 15) is 4.79 Å². The molecule has 0 spiro atoms. The highest BCUT2D eigenvalue weighted by Gasteiger charge is 2.14. The SMILES string of the molecule is COC(=O)c1cnc(NCC2CSCCS2)cn1. The summed E-state index contributed by atoms with van der Waals surface area (Å²) in [5, 5.41) is 3.86. The van der Waals surface area contributed by atoms with Gasteiger partial charge in [0.25, 0.3) is 0 Å². The van der Waals surface area contributed by atoms with Crippen LogP contribution < -0.4 is 5.32 Å². The fraction of sp³-hybridized carbons (Fsp3) is 0.545. The predicted octanol–water partition coefficient (Wildman–Crippen LogP) is 1.52. The molecule has 98 valence electrons. The highest BCUT2D eigenvalue weighted by atomic mass is 32.2. The number of thioether (sulfide) groups is 2. The summed E-state index contributed by atoms with van der Waals surface area (Å²) in [6.45, 7) is 0.879. The lowest BCUT2D eigenvalue weighted by atomic mass is 10.4. The maximum absolute atomic E-state index is 11.2. The number of carbonyl (C=O) groups is 1. The number of nitrogens with zero attached hydrogens (tertiary/aromatic N) is 2. The van der Waals surface area contributed by atoms with Gasteiger partial charge in [-0.25, -0.2) is 14.8 Å². The van der Waals surface area contributed by atoms with Crippen LogP contribution >= 0.6 is 23.5 Å². The minimum absolute atomic E-state index is 0.227. The molecular weight excluding hydrogens is 270 g/mol. The number of anilines is 1. The van der Waals surface area contributed by atoms with Crippen LogP contribution in [0.1, 0.15) is 10.5 Å². The zero-order valence-corrected chi connectivity index (χ0v) is 11.7. The molecule has 18 heavy (non-hydrogen) atoms. The third-order valence-corrected chi connectivity index (χ3v) is 5.29. The van der Waals surface area contributed by atoms with Crippen molar-refractivity contribution in [2.24, 2.45) is 0 Å². The van der Waals surface area contributed by atoms with Crippen molar-refractivity contribution < 1.29 is 9.53 Å². The minimum Gasteiger partial charge on any atom is -0.464 e. The molecule has 1 aliphatic rings. The van der Waals surface area contributed by atoms with Gasteiger partial charge in [0, 0.05) is 29.1 Å². The highest BCUT2D eigenvalue weighted by molar-refractivity contribution is 8.06. The Morgan fingerprint density at radius 2 is 2.39 bits per heavy atom. The molecule has 0 radical (unpaired) electrons. The third-order valence-electron chi connectivity index (χ3n) is 2.44. The zero-order valence-electron chi connectivity index (χ0n) is 10.1. The molecule has 1 aromatic heterocycles. The number of hydrogen-bond acceptors (Lipinski definition) is 7. The van der Waals surface area contributed by atoms with Gasteiger partial charge in [-0.3, -0.25) is 0 Å². The Kier molecular flexibility index (Phi) is 5.12. The molecule has 1 atom stereocenters. The van der Waals surface area contributed by atoms with Crippen molar-refractivity contribution in [3.63, 3.8) is 0 Å². The second-order valence-corrected chi connectivity index (χ2v) is 6.29. The van der Waals surface area contributed by atoms with Gasteiger partial charge in [0.05, 0.1) is 19.5 Å². The summed E-state index contributed by atoms with van der Waals surface area (Å²) in [7, 11) is 1.33. The molecule has 1 aliphatic heterocycles. The third kappa shape index (κ3) is 3.78. The Hall–Kier alpha value is -0.950. The molecule has 1 N–H and O–H groups in total. The molecule has 7 heteroatoms. The number of aromatic nitrogens is 2. The first-order valence-electron chi connectivity index (χ1n) is 5.63. The number of esters is 1. The van der Waals surface area contributed by atoms with Crippen LogP contribution in [0.3, 0.4) is 0 Å². The van der Waals surface area contributed by atoms with Crippen molar-refractivity contribution in [1.82, 2.24) is 9.97 Å². The molecule has 2 heterocycles. The smallest absolute Gasteiger partial charge is 0.358 e. The number of hydrogen-bond donors (Lipinski definition) is 1. The van der Waals surface area contributed by atoms with E-state index < -0.39 is 5.97 Å². The van der Waals surface area contributed by atoms with Crippen molar-refractivity contribution in [1.29, 1.82) is 0 Å². The van der Waals surface area contributed by atoms with Crippen LogP contribution in [-0.4, -0.2) is 52.1 Å². The van der Waals surface area contributed by atoms with Gasteiger partial charge in [-0.05, 0) is 0 Å². The zero-order chi connectivity index (χ0) is 12.8. The molecule has 0 amide bonds. The normalized spacial score (nSPS) is 19.3. The summed E-state index contributed by atoms with van der Waals surface area (Å²) >= 11 is 3.98. The van der Waals surface area contributed by atoms with Gasteiger partial charge >= 0.3 is 5.97 Å². The largest absolute Gasteiger partial charge is 0.464 e. The molecule has 1 saturated heterocycles. The second-order valence-electron chi connectivity index (χ2n) is 3.73. The number of methoxy groups -OCH3 is 1. The van der Waals surface area contributed by atoms with Crippen molar-refractivity contribution in [3.8, 4) is 0 Å². The van der Waals surface area contributed by atoms with Gasteiger partial charge in [0.2, 0.25) is 0 Å². The fourth-order valence-corrected chi connectivity index (χ4v) is 4.11. The van der Waals surface area contributed by atoms with Gasteiger partial charge in [-0.1, -0.05) is 0 Å². The quantitative estimate of drug-likeness (QED) is 0.841. The molecule has 1 aromatic rings. The van der Waals surface area contributed by atoms with Crippen LogP contribution in [0, 0.1) is 0 Å². The van der Waals surface area contributed by atoms with Crippen LogP contribution in [0.4, 0.5) is 5.82 Å². The Morgan fingerprint density at radius 1 is 1.50 bits per heavy atom. The lowest BCUT2D eigenvalue weighted by Crippen LogP contribution is -2.23. The summed E-state index contributed by atoms with van der Waals surface area (Å²) in [5.74, 6) is 3.86. The van der Waals surface area contributed by atoms with E-state index in [-0.39, 0.29) is 5.69 Å². The lowest BCUT2D eigenvalue weighted by molar-refractivity contribution is 0.0593. The first-order chi connectivity index (χ1) is 8.79. The van der Waals surface area contributed by atoms with Crippen molar-refractivity contribution in [3.05, 3.63) is 18.1 Å². The number of ether oxygens (including phenoxy) is 1. The van der Waals surface area contributed by atoms with Crippen LogP contribution in [0.15, 0.2) is 12.4 Å². The van der Waals surface area contributed by atoms with E-state index >= 15 is 0 Å². The fourth-order valence-electron chi connectivity index (χ4n) is 1.50. The van der Waals surface area contributed by atoms with Gasteiger partial charge in [-0.15, -0.1) is 0 Å². The monoisotopic (exact) mass is 285 g/mol. The van der Waals surface area contributed by atoms with Gasteiger partial charge in [-0.2, -0.15) is 23.5 Å². The average Bonchev–Trinajstić information content (AvgIpc) is 2.46. The Balaban J connectivity index is 1.84. The van der Waals surface area contributed by atoms with Crippen LogP contribution in [0.2, 0.25) is 0 Å². The highest BCUT2D eigenvalue weighted by Crippen LogP contribution is 2.23. The van der Waals surface area contributed by atoms with E-state index in [0.717, 1.165) is 6.54 Å². The van der Waals surface area contributed by atoms with E-state index in [4.69, 9.17) is 0 Å². The van der Waals surface area contributed by atoms with Crippen LogP contribution in [0.5, 0.6) is 0 Å². The lowest BCUT2D eigenvalue weighted by Gasteiger charge is -2.21. The summed E-state index contributed by atoms with van der Waals surface area (Å²) in [6.07, 6.45) is 2.99. The topological polar surface area (TPSA) is 64.1 Å². The van der Waals surface area contributed by atoms with Crippen molar-refractivity contribution >= 4 is 35.3 Å². The first-order valence-corrected chi connectivity index (χ1v) is 7.83. The first kappa shape index (κ1) is 13.5. The molecule has 0 saturated carbocycles. The van der Waals surface area contributed by atoms with Crippen LogP contribution in [0.25, 0.3) is 0 Å². The number of nitrogens with one attached hydrogen (secondary N) is 1. The van der Waals surface area contributed by atoms with Gasteiger partial charge < -0.3 is 10.1 Å². The van der Waals surface area contributed by atoms with E-state index in [0.29, 0.717) is 11.1 Å². The van der Waals surface area contributed by atoms with Gasteiger partial charge in [0.15, 0.2) is 5.69 Å². The predicted molar refractivity (Wildman–Crippen MR) is 75.4 cm³/mol. The molecule has 1 fully saturated rings. The number of carbonyl (C=O) groups excluding carboxylic acids is 1. The van der Waals surface area contributed by atoms with Crippen molar-refractivity contribution in [2.45, 2.75) is 5.25 Å². The maximum atomic E-state index is 11.2. The Morgan fingerprint density at radius 3 is 3.00 bits per heavy atom. The molecule has 1 unspecified atom stereocenters. The summed E-state index contributed by atoms with van der Waals surface area (Å²) in [6, 6.07) is 0. The molecule has 0 aliphatic carbocycles. The summed E-state index contributed by atoms with van der Waals surface area (Å²) < 4.78 is 4.56.